The fourth-order valence-electron chi connectivity index (χ4n) is 1.25. The molecule has 0 aliphatic rings. The van der Waals surface area contributed by atoms with Crippen molar-refractivity contribution in [3.8, 4) is 0 Å². The summed E-state index contributed by atoms with van der Waals surface area (Å²) < 4.78 is 40.7. The molecule has 1 aromatic rings. The summed E-state index contributed by atoms with van der Waals surface area (Å²) in [7, 11) is 0. The van der Waals surface area contributed by atoms with E-state index < -0.39 is 18.7 Å². The molecule has 0 atom stereocenters. The Morgan fingerprint density at radius 3 is 2.74 bits per heavy atom. The highest BCUT2D eigenvalue weighted by atomic mass is 19.4. The number of ether oxygens (including phenoxy) is 1. The van der Waals surface area contributed by atoms with Gasteiger partial charge in [-0.25, -0.2) is 0 Å². The van der Waals surface area contributed by atoms with E-state index in [2.05, 4.69) is 10.1 Å². The quantitative estimate of drug-likeness (QED) is 0.773. The maximum atomic E-state index is 11.7. The molecule has 0 radical (unpaired) electrons. The summed E-state index contributed by atoms with van der Waals surface area (Å²) in [5.74, 6) is -0.469. The molecule has 0 bridgehead atoms. The van der Waals surface area contributed by atoms with Gasteiger partial charge in [0, 0.05) is 18.8 Å². The van der Waals surface area contributed by atoms with E-state index in [9.17, 15) is 22.8 Å². The molecular formula is C11H13F3N2O3. The van der Waals surface area contributed by atoms with Crippen molar-refractivity contribution >= 4 is 5.91 Å². The number of halogens is 3. The molecule has 8 heteroatoms. The first-order chi connectivity index (χ1) is 8.88. The number of hydrogen-bond donors (Lipinski definition) is 1. The van der Waals surface area contributed by atoms with Crippen LogP contribution in [0.1, 0.15) is 0 Å². The number of pyridine rings is 1. The summed E-state index contributed by atoms with van der Waals surface area (Å²) in [6.07, 6.45) is -2.93. The molecule has 5 nitrogen and oxygen atoms in total. The Labute approximate surface area is 107 Å². The van der Waals surface area contributed by atoms with Crippen LogP contribution in [0.4, 0.5) is 13.2 Å². The number of hydrogen-bond acceptors (Lipinski definition) is 3. The van der Waals surface area contributed by atoms with E-state index in [-0.39, 0.29) is 25.3 Å². The van der Waals surface area contributed by atoms with Gasteiger partial charge in [-0.2, -0.15) is 13.2 Å². The molecule has 0 spiro atoms. The molecule has 1 N–H and O–H groups in total. The van der Waals surface area contributed by atoms with Crippen LogP contribution < -0.4 is 10.9 Å². The smallest absolute Gasteiger partial charge is 0.370 e. The molecule has 1 heterocycles. The van der Waals surface area contributed by atoms with Crippen LogP contribution in [0.5, 0.6) is 0 Å². The SMILES string of the molecule is O=C(Cn1ccccc1=O)NCCOCC(F)(F)F. The lowest BCUT2D eigenvalue weighted by Gasteiger charge is -2.09. The number of nitrogens with zero attached hydrogens (tertiary/aromatic N) is 1. The summed E-state index contributed by atoms with van der Waals surface area (Å²) in [4.78, 5) is 22.7. The van der Waals surface area contributed by atoms with E-state index >= 15 is 0 Å². The maximum absolute atomic E-state index is 11.7. The van der Waals surface area contributed by atoms with E-state index in [4.69, 9.17) is 0 Å². The second-order valence-electron chi connectivity index (χ2n) is 3.68. The van der Waals surface area contributed by atoms with Crippen LogP contribution in [0.15, 0.2) is 29.2 Å². The van der Waals surface area contributed by atoms with Gasteiger partial charge in [0.25, 0.3) is 5.56 Å². The number of nitrogens with one attached hydrogen (secondary N) is 1. The van der Waals surface area contributed by atoms with Crippen LogP contribution in [-0.4, -0.2) is 36.4 Å². The molecule has 0 saturated carbocycles. The first-order valence-corrected chi connectivity index (χ1v) is 5.45. The van der Waals surface area contributed by atoms with E-state index in [1.807, 2.05) is 0 Å². The number of aromatic nitrogens is 1. The summed E-state index contributed by atoms with van der Waals surface area (Å²) >= 11 is 0. The molecule has 0 fully saturated rings. The van der Waals surface area contributed by atoms with Crippen LogP contribution in [0.3, 0.4) is 0 Å². The molecule has 106 valence electrons. The van der Waals surface area contributed by atoms with Crippen molar-refractivity contribution in [1.29, 1.82) is 0 Å². The second-order valence-corrected chi connectivity index (χ2v) is 3.68. The Hall–Kier alpha value is -1.83. The van der Waals surface area contributed by atoms with Gasteiger partial charge in [0.1, 0.15) is 13.2 Å². The van der Waals surface area contributed by atoms with Crippen LogP contribution in [0, 0.1) is 0 Å². The summed E-state index contributed by atoms with van der Waals surface area (Å²) in [5, 5.41) is 2.35. The first-order valence-electron chi connectivity index (χ1n) is 5.45. The van der Waals surface area contributed by atoms with Gasteiger partial charge in [-0.3, -0.25) is 9.59 Å². The van der Waals surface area contributed by atoms with Crippen molar-refractivity contribution in [1.82, 2.24) is 9.88 Å². The molecule has 1 aromatic heterocycles. The van der Waals surface area contributed by atoms with E-state index in [0.29, 0.717) is 0 Å². The van der Waals surface area contributed by atoms with Gasteiger partial charge in [0.2, 0.25) is 5.91 Å². The normalized spacial score (nSPS) is 11.3. The number of carbonyl (C=O) groups is 1. The van der Waals surface area contributed by atoms with Crippen molar-refractivity contribution in [3.63, 3.8) is 0 Å². The van der Waals surface area contributed by atoms with E-state index in [0.717, 1.165) is 0 Å². The van der Waals surface area contributed by atoms with Crippen LogP contribution >= 0.6 is 0 Å². The molecule has 0 aromatic carbocycles. The molecule has 19 heavy (non-hydrogen) atoms. The highest BCUT2D eigenvalue weighted by molar-refractivity contribution is 5.75. The van der Waals surface area contributed by atoms with Crippen molar-refractivity contribution in [2.75, 3.05) is 19.8 Å². The second kappa shape index (κ2) is 6.93. The fraction of sp³-hybridized carbons (Fsp3) is 0.455. The molecule has 1 rings (SSSR count). The summed E-state index contributed by atoms with van der Waals surface area (Å²) in [5.41, 5.74) is -0.328. The lowest BCUT2D eigenvalue weighted by atomic mass is 10.4. The standard InChI is InChI=1S/C11H13F3N2O3/c12-11(13,14)8-19-6-4-15-9(17)7-16-5-2-1-3-10(16)18/h1-3,5H,4,6-8H2,(H,15,17). The molecular weight excluding hydrogens is 265 g/mol. The number of amides is 1. The molecule has 0 unspecified atom stereocenters. The topological polar surface area (TPSA) is 60.3 Å². The molecule has 1 amide bonds. The minimum Gasteiger partial charge on any atom is -0.370 e. The predicted molar refractivity (Wildman–Crippen MR) is 60.6 cm³/mol. The van der Waals surface area contributed by atoms with Gasteiger partial charge < -0.3 is 14.6 Å². The highest BCUT2D eigenvalue weighted by Crippen LogP contribution is 2.13. The zero-order valence-corrected chi connectivity index (χ0v) is 9.94. The largest absolute Gasteiger partial charge is 0.411 e. The number of rotatable bonds is 6. The third-order valence-electron chi connectivity index (χ3n) is 2.05. The number of alkyl halides is 3. The minimum absolute atomic E-state index is 0.0451. The molecule has 0 aliphatic heterocycles. The minimum atomic E-state index is -4.37. The zero-order chi connectivity index (χ0) is 14.3. The lowest BCUT2D eigenvalue weighted by Crippen LogP contribution is -2.34. The fourth-order valence-corrected chi connectivity index (χ4v) is 1.25. The van der Waals surface area contributed by atoms with Crippen LogP contribution in [0.25, 0.3) is 0 Å². The zero-order valence-electron chi connectivity index (χ0n) is 9.94. The highest BCUT2D eigenvalue weighted by Gasteiger charge is 2.27. The third-order valence-corrected chi connectivity index (χ3v) is 2.05. The van der Waals surface area contributed by atoms with Gasteiger partial charge in [-0.05, 0) is 6.07 Å². The lowest BCUT2D eigenvalue weighted by molar-refractivity contribution is -0.173. The average molecular weight is 278 g/mol. The van der Waals surface area contributed by atoms with Crippen LogP contribution in [-0.2, 0) is 16.1 Å². The maximum Gasteiger partial charge on any atom is 0.411 e. The predicted octanol–water partition coefficient (Wildman–Crippen LogP) is 0.543. The number of carbonyl (C=O) groups excluding carboxylic acids is 1. The van der Waals surface area contributed by atoms with Gasteiger partial charge in [-0.1, -0.05) is 6.07 Å². The van der Waals surface area contributed by atoms with Crippen molar-refractivity contribution < 1.29 is 22.7 Å². The Morgan fingerprint density at radius 1 is 1.37 bits per heavy atom. The van der Waals surface area contributed by atoms with E-state index in [1.54, 1.807) is 12.1 Å². The first kappa shape index (κ1) is 15.2. The third kappa shape index (κ3) is 6.61. The van der Waals surface area contributed by atoms with Crippen LogP contribution in [0.2, 0.25) is 0 Å². The van der Waals surface area contributed by atoms with Gasteiger partial charge in [0.05, 0.1) is 6.61 Å². The van der Waals surface area contributed by atoms with Gasteiger partial charge >= 0.3 is 6.18 Å². The van der Waals surface area contributed by atoms with Crippen molar-refractivity contribution in [3.05, 3.63) is 34.7 Å². The van der Waals surface area contributed by atoms with Crippen molar-refractivity contribution in [2.24, 2.45) is 0 Å². The Kier molecular flexibility index (Phi) is 5.56. The summed E-state index contributed by atoms with van der Waals surface area (Å²) in [6.45, 7) is -1.81. The Bertz CT molecular complexity index is 471. The van der Waals surface area contributed by atoms with Gasteiger partial charge in [0.15, 0.2) is 0 Å². The molecule has 0 saturated heterocycles. The average Bonchev–Trinajstić information content (AvgIpc) is 2.30. The van der Waals surface area contributed by atoms with Crippen molar-refractivity contribution in [2.45, 2.75) is 12.7 Å². The van der Waals surface area contributed by atoms with Gasteiger partial charge in [-0.15, -0.1) is 0 Å². The molecule has 0 aliphatic carbocycles. The summed E-state index contributed by atoms with van der Waals surface area (Å²) in [6, 6.07) is 4.45. The Balaban J connectivity index is 2.22. The van der Waals surface area contributed by atoms with E-state index in [1.165, 1.54) is 16.8 Å². The Morgan fingerprint density at radius 2 is 2.11 bits per heavy atom. The monoisotopic (exact) mass is 278 g/mol.